The topological polar surface area (TPSA) is 135 Å². The summed E-state index contributed by atoms with van der Waals surface area (Å²) in [4.78, 5) is 24.2. The first-order chi connectivity index (χ1) is 10.2. The summed E-state index contributed by atoms with van der Waals surface area (Å²) in [7, 11) is -4.63. The molecule has 0 aromatic heterocycles. The van der Waals surface area contributed by atoms with Gasteiger partial charge in [-0.15, -0.1) is 0 Å². The smallest absolute Gasteiger partial charge is 0.294 e. The number of phenolic OH excluding ortho intramolecular Hbond substituents is 1. The molecule has 3 rings (SSSR count). The van der Waals surface area contributed by atoms with Crippen LogP contribution in [0.3, 0.4) is 0 Å². The SMILES string of the molecule is Nc1ccc2c(c1)C(=O)c1c(O)cc(S(=O)(=O)O)cc1C2=O. The van der Waals surface area contributed by atoms with Gasteiger partial charge in [0.1, 0.15) is 5.75 Å². The molecule has 8 heteroatoms. The summed E-state index contributed by atoms with van der Waals surface area (Å²) in [6.45, 7) is 0. The van der Waals surface area contributed by atoms with Crippen LogP contribution in [0, 0.1) is 0 Å². The standard InChI is InChI=1S/C14H9NO6S/c15-6-1-2-8-9(3-6)14(18)12-10(13(8)17)4-7(5-11(12)16)22(19,20)21/h1-5,16H,15H2,(H,19,20,21). The molecule has 0 fully saturated rings. The van der Waals surface area contributed by atoms with Crippen LogP contribution in [0.15, 0.2) is 35.2 Å². The van der Waals surface area contributed by atoms with Crippen molar-refractivity contribution in [3.05, 3.63) is 52.6 Å². The molecule has 0 aliphatic heterocycles. The molecule has 1 aliphatic carbocycles. The molecule has 112 valence electrons. The first-order valence-electron chi connectivity index (χ1n) is 6.03. The lowest BCUT2D eigenvalue weighted by Gasteiger charge is -2.19. The van der Waals surface area contributed by atoms with E-state index < -0.39 is 32.3 Å². The highest BCUT2D eigenvalue weighted by Gasteiger charge is 2.33. The molecule has 22 heavy (non-hydrogen) atoms. The van der Waals surface area contributed by atoms with Gasteiger partial charge in [-0.3, -0.25) is 14.1 Å². The van der Waals surface area contributed by atoms with Crippen molar-refractivity contribution < 1.29 is 27.7 Å². The summed E-state index contributed by atoms with van der Waals surface area (Å²) in [5.74, 6) is -1.97. The van der Waals surface area contributed by atoms with Crippen LogP contribution in [-0.2, 0) is 10.1 Å². The molecular weight excluding hydrogens is 310 g/mol. The Hall–Kier alpha value is -2.71. The number of phenols is 1. The highest BCUT2D eigenvalue weighted by Crippen LogP contribution is 2.35. The van der Waals surface area contributed by atoms with Gasteiger partial charge in [0.25, 0.3) is 10.1 Å². The maximum Gasteiger partial charge on any atom is 0.294 e. The molecule has 0 heterocycles. The number of benzene rings is 2. The maximum atomic E-state index is 12.4. The highest BCUT2D eigenvalue weighted by molar-refractivity contribution is 7.85. The van der Waals surface area contributed by atoms with Gasteiger partial charge in [-0.25, -0.2) is 0 Å². The minimum Gasteiger partial charge on any atom is -0.507 e. The molecular formula is C14H9NO6S. The molecule has 0 bridgehead atoms. The average Bonchev–Trinajstić information content (AvgIpc) is 2.43. The van der Waals surface area contributed by atoms with Gasteiger partial charge in [0, 0.05) is 28.4 Å². The minimum absolute atomic E-state index is 0.0346. The second kappa shape index (κ2) is 4.39. The number of hydrogen-bond acceptors (Lipinski definition) is 6. The number of ketones is 2. The Morgan fingerprint density at radius 2 is 1.59 bits per heavy atom. The molecule has 0 amide bonds. The zero-order valence-electron chi connectivity index (χ0n) is 10.9. The summed E-state index contributed by atoms with van der Waals surface area (Å²) < 4.78 is 31.4. The molecule has 0 atom stereocenters. The lowest BCUT2D eigenvalue weighted by atomic mass is 9.83. The zero-order chi connectivity index (χ0) is 16.2. The number of hydrogen-bond donors (Lipinski definition) is 3. The third-order valence-electron chi connectivity index (χ3n) is 3.39. The van der Waals surface area contributed by atoms with E-state index >= 15 is 0 Å². The van der Waals surface area contributed by atoms with Crippen molar-refractivity contribution in [2.24, 2.45) is 0 Å². The largest absolute Gasteiger partial charge is 0.507 e. The fraction of sp³-hybridized carbons (Fsp3) is 0. The van der Waals surface area contributed by atoms with Gasteiger partial charge in [0.2, 0.25) is 0 Å². The maximum absolute atomic E-state index is 12.4. The van der Waals surface area contributed by atoms with Crippen LogP contribution in [0.4, 0.5) is 5.69 Å². The molecule has 4 N–H and O–H groups in total. The predicted molar refractivity (Wildman–Crippen MR) is 75.6 cm³/mol. The van der Waals surface area contributed by atoms with Crippen LogP contribution in [0.25, 0.3) is 0 Å². The van der Waals surface area contributed by atoms with Gasteiger partial charge < -0.3 is 10.8 Å². The molecule has 0 saturated heterocycles. The van der Waals surface area contributed by atoms with E-state index in [4.69, 9.17) is 10.3 Å². The van der Waals surface area contributed by atoms with E-state index in [-0.39, 0.29) is 27.9 Å². The van der Waals surface area contributed by atoms with E-state index in [1.165, 1.54) is 18.2 Å². The minimum atomic E-state index is -4.63. The van der Waals surface area contributed by atoms with Gasteiger partial charge in [0.15, 0.2) is 11.6 Å². The Bertz CT molecular complexity index is 962. The van der Waals surface area contributed by atoms with Crippen molar-refractivity contribution in [2.75, 3.05) is 5.73 Å². The lowest BCUT2D eigenvalue weighted by Crippen LogP contribution is -2.22. The number of fused-ring (bicyclic) bond motifs is 2. The Morgan fingerprint density at radius 3 is 2.23 bits per heavy atom. The summed E-state index contributed by atoms with van der Waals surface area (Å²) in [6, 6.07) is 5.68. The van der Waals surface area contributed by atoms with E-state index in [0.29, 0.717) is 0 Å². The van der Waals surface area contributed by atoms with Crippen molar-refractivity contribution >= 4 is 27.4 Å². The number of carbonyl (C=O) groups excluding carboxylic acids is 2. The second-order valence-corrected chi connectivity index (χ2v) is 6.22. The molecule has 0 radical (unpaired) electrons. The van der Waals surface area contributed by atoms with E-state index in [1.807, 2.05) is 0 Å². The fourth-order valence-corrected chi connectivity index (χ4v) is 2.92. The van der Waals surface area contributed by atoms with Crippen molar-refractivity contribution in [3.63, 3.8) is 0 Å². The van der Waals surface area contributed by atoms with Crippen LogP contribution in [0.5, 0.6) is 5.75 Å². The van der Waals surface area contributed by atoms with Crippen LogP contribution >= 0.6 is 0 Å². The van der Waals surface area contributed by atoms with Crippen molar-refractivity contribution in [3.8, 4) is 5.75 Å². The highest BCUT2D eigenvalue weighted by atomic mass is 32.2. The molecule has 1 aliphatic rings. The number of anilines is 1. The molecule has 0 spiro atoms. The monoisotopic (exact) mass is 319 g/mol. The van der Waals surface area contributed by atoms with Gasteiger partial charge in [-0.2, -0.15) is 8.42 Å². The van der Waals surface area contributed by atoms with Gasteiger partial charge in [-0.1, -0.05) is 0 Å². The van der Waals surface area contributed by atoms with E-state index in [9.17, 15) is 23.1 Å². The predicted octanol–water partition coefficient (Wildman–Crippen LogP) is 0.997. The van der Waals surface area contributed by atoms with Crippen molar-refractivity contribution in [2.45, 2.75) is 4.90 Å². The molecule has 0 unspecified atom stereocenters. The fourth-order valence-electron chi connectivity index (χ4n) is 2.40. The number of rotatable bonds is 1. The van der Waals surface area contributed by atoms with E-state index in [0.717, 1.165) is 12.1 Å². The number of nitrogen functional groups attached to an aromatic ring is 1. The number of nitrogens with two attached hydrogens (primary N) is 1. The van der Waals surface area contributed by atoms with Crippen molar-refractivity contribution in [1.82, 2.24) is 0 Å². The quantitative estimate of drug-likeness (QED) is 0.449. The average molecular weight is 319 g/mol. The van der Waals surface area contributed by atoms with E-state index in [2.05, 4.69) is 0 Å². The molecule has 2 aromatic rings. The van der Waals surface area contributed by atoms with Crippen LogP contribution in [-0.4, -0.2) is 29.6 Å². The first-order valence-corrected chi connectivity index (χ1v) is 7.47. The van der Waals surface area contributed by atoms with Crippen LogP contribution in [0.2, 0.25) is 0 Å². The molecule has 2 aromatic carbocycles. The Morgan fingerprint density at radius 1 is 0.909 bits per heavy atom. The Labute approximate surface area is 124 Å². The second-order valence-electron chi connectivity index (χ2n) is 4.80. The summed E-state index contributed by atoms with van der Waals surface area (Å²) in [5, 5.41) is 9.90. The van der Waals surface area contributed by atoms with Gasteiger partial charge in [0.05, 0.1) is 10.5 Å². The van der Waals surface area contributed by atoms with Crippen LogP contribution in [0.1, 0.15) is 31.8 Å². The van der Waals surface area contributed by atoms with E-state index in [1.54, 1.807) is 0 Å². The Kier molecular flexibility index (Phi) is 2.84. The Balaban J connectivity index is 2.35. The molecule has 0 saturated carbocycles. The summed E-state index contributed by atoms with van der Waals surface area (Å²) >= 11 is 0. The van der Waals surface area contributed by atoms with Crippen molar-refractivity contribution in [1.29, 1.82) is 0 Å². The summed E-state index contributed by atoms with van der Waals surface area (Å²) in [5.41, 5.74) is 5.36. The number of carbonyl (C=O) groups is 2. The first kappa shape index (κ1) is 14.2. The van der Waals surface area contributed by atoms with Crippen LogP contribution < -0.4 is 5.73 Å². The number of aromatic hydroxyl groups is 1. The third kappa shape index (κ3) is 1.97. The molecule has 7 nitrogen and oxygen atoms in total. The zero-order valence-corrected chi connectivity index (χ0v) is 11.7. The van der Waals surface area contributed by atoms with Gasteiger partial charge in [-0.05, 0) is 24.3 Å². The lowest BCUT2D eigenvalue weighted by molar-refractivity contribution is 0.0976. The normalized spacial score (nSPS) is 13.7. The third-order valence-corrected chi connectivity index (χ3v) is 4.22. The van der Waals surface area contributed by atoms with Gasteiger partial charge >= 0.3 is 0 Å². The summed E-state index contributed by atoms with van der Waals surface area (Å²) in [6.07, 6.45) is 0.